The summed E-state index contributed by atoms with van der Waals surface area (Å²) in [6, 6.07) is 10.1. The number of para-hydroxylation sites is 1. The molecule has 1 fully saturated rings. The Hall–Kier alpha value is -4.41. The van der Waals surface area contributed by atoms with E-state index in [9.17, 15) is 35.9 Å². The Labute approximate surface area is 268 Å². The highest BCUT2D eigenvalue weighted by molar-refractivity contribution is 5.48. The van der Waals surface area contributed by atoms with Gasteiger partial charge in [-0.1, -0.05) is 24.3 Å². The van der Waals surface area contributed by atoms with Gasteiger partial charge in [-0.2, -0.15) is 26.3 Å². The van der Waals surface area contributed by atoms with Crippen LogP contribution in [0.5, 0.6) is 0 Å². The number of nitrogens with zero attached hydrogens (tertiary/aromatic N) is 3. The van der Waals surface area contributed by atoms with Crippen molar-refractivity contribution in [1.82, 2.24) is 14.0 Å². The maximum absolute atomic E-state index is 15.0. The lowest BCUT2D eigenvalue weighted by Gasteiger charge is -2.38. The van der Waals surface area contributed by atoms with Crippen LogP contribution in [0.15, 0.2) is 68.6 Å². The first-order valence-electron chi connectivity index (χ1n) is 14.9. The number of ether oxygens (including phenoxy) is 1. The normalized spacial score (nSPS) is 17.2. The highest BCUT2D eigenvalue weighted by atomic mass is 19.4. The first-order chi connectivity index (χ1) is 22.6. The van der Waals surface area contributed by atoms with Gasteiger partial charge >= 0.3 is 18.0 Å². The molecule has 1 unspecified atom stereocenters. The predicted octanol–water partition coefficient (Wildman–Crippen LogP) is 5.13. The van der Waals surface area contributed by atoms with Crippen LogP contribution in [0.1, 0.15) is 58.4 Å². The van der Waals surface area contributed by atoms with Crippen LogP contribution in [0.3, 0.4) is 0 Å². The van der Waals surface area contributed by atoms with Crippen molar-refractivity contribution in [2.24, 2.45) is 5.73 Å². The van der Waals surface area contributed by atoms with Crippen molar-refractivity contribution in [2.75, 3.05) is 18.8 Å². The standard InChI is InChI=1S/C32H30F7N5O4/c33-22-6-3-5-21(31(34,35)36)20(22)15-43-25-17-47-30(10-12-42(13-11-30)14-18-8-9-26(48-18)32(37,38)39)27(25)28(45)44(29(43)46)16-24(41)19-4-1-2-7-23(19)40/h1-9,24H,10-17,40-41H2. The van der Waals surface area contributed by atoms with Crippen molar-refractivity contribution < 1.29 is 39.9 Å². The molecular formula is C32H30F7N5O4. The van der Waals surface area contributed by atoms with E-state index in [0.29, 0.717) is 17.3 Å². The van der Waals surface area contributed by atoms with Crippen molar-refractivity contribution in [1.29, 1.82) is 0 Å². The van der Waals surface area contributed by atoms with Crippen LogP contribution in [0, 0.1) is 5.82 Å². The van der Waals surface area contributed by atoms with E-state index in [-0.39, 0.29) is 56.1 Å². The Morgan fingerprint density at radius 1 is 0.875 bits per heavy atom. The number of nitrogen functional groups attached to an aromatic ring is 1. The first kappa shape index (κ1) is 33.5. The number of aromatic nitrogens is 2. The fraction of sp³-hybridized carbons (Fsp3) is 0.375. The van der Waals surface area contributed by atoms with E-state index in [1.807, 2.05) is 4.90 Å². The summed E-state index contributed by atoms with van der Waals surface area (Å²) in [5.74, 6) is -2.23. The summed E-state index contributed by atoms with van der Waals surface area (Å²) >= 11 is 0. The van der Waals surface area contributed by atoms with Crippen LogP contribution in [0.4, 0.5) is 36.4 Å². The van der Waals surface area contributed by atoms with Crippen LogP contribution in [-0.4, -0.2) is 27.1 Å². The number of alkyl halides is 6. The van der Waals surface area contributed by atoms with Crippen molar-refractivity contribution in [2.45, 2.75) is 63.1 Å². The number of nitrogens with two attached hydrogens (primary N) is 2. The van der Waals surface area contributed by atoms with Gasteiger partial charge < -0.3 is 20.6 Å². The molecule has 256 valence electrons. The molecule has 2 aliphatic rings. The predicted molar refractivity (Wildman–Crippen MR) is 158 cm³/mol. The molecule has 1 atom stereocenters. The Bertz CT molecular complexity index is 1960. The average Bonchev–Trinajstić information content (AvgIpc) is 3.64. The molecule has 6 rings (SSSR count). The van der Waals surface area contributed by atoms with Gasteiger partial charge in [-0.05, 0) is 48.7 Å². The molecule has 0 radical (unpaired) electrons. The minimum Gasteiger partial charge on any atom is -0.455 e. The molecular weight excluding hydrogens is 651 g/mol. The Morgan fingerprint density at radius 2 is 1.58 bits per heavy atom. The molecule has 48 heavy (non-hydrogen) atoms. The lowest BCUT2D eigenvalue weighted by atomic mass is 9.85. The van der Waals surface area contributed by atoms with Crippen LogP contribution in [0.25, 0.3) is 0 Å². The van der Waals surface area contributed by atoms with Crippen LogP contribution in [0.2, 0.25) is 0 Å². The summed E-state index contributed by atoms with van der Waals surface area (Å²) in [6.45, 7) is -1.04. The lowest BCUT2D eigenvalue weighted by molar-refractivity contribution is -0.153. The molecule has 2 aromatic carbocycles. The molecule has 1 saturated heterocycles. The maximum Gasteiger partial charge on any atom is 0.449 e. The van der Waals surface area contributed by atoms with Gasteiger partial charge in [0.25, 0.3) is 5.56 Å². The zero-order valence-electron chi connectivity index (χ0n) is 25.2. The van der Waals surface area contributed by atoms with Crippen molar-refractivity contribution in [3.63, 3.8) is 0 Å². The van der Waals surface area contributed by atoms with E-state index in [1.165, 1.54) is 6.07 Å². The van der Waals surface area contributed by atoms with E-state index < -0.39 is 71.0 Å². The second kappa shape index (κ2) is 12.2. The van der Waals surface area contributed by atoms with Gasteiger partial charge in [0, 0.05) is 24.3 Å². The number of halogens is 7. The van der Waals surface area contributed by atoms with Gasteiger partial charge in [0.1, 0.15) is 17.2 Å². The third-order valence-electron chi connectivity index (χ3n) is 8.98. The van der Waals surface area contributed by atoms with Crippen LogP contribution in [-0.2, 0) is 48.9 Å². The summed E-state index contributed by atoms with van der Waals surface area (Å²) in [5, 5.41) is 0. The van der Waals surface area contributed by atoms with Gasteiger partial charge in [0.05, 0.1) is 49.1 Å². The number of fused-ring (bicyclic) bond motifs is 2. The highest BCUT2D eigenvalue weighted by Crippen LogP contribution is 2.43. The second-order valence-corrected chi connectivity index (χ2v) is 11.9. The molecule has 0 aliphatic carbocycles. The molecule has 2 aromatic heterocycles. The molecule has 9 nitrogen and oxygen atoms in total. The molecule has 4 heterocycles. The molecule has 1 spiro atoms. The van der Waals surface area contributed by atoms with E-state index in [4.69, 9.17) is 20.6 Å². The van der Waals surface area contributed by atoms with Crippen molar-refractivity contribution >= 4 is 5.69 Å². The SMILES string of the molecule is Nc1ccccc1C(N)Cn1c(=O)c2c(n(Cc3c(F)cccc3C(F)(F)F)c1=O)COC21CCN(Cc2ccc(C(F)(F)F)o2)CC1. The van der Waals surface area contributed by atoms with Gasteiger partial charge in [-0.25, -0.2) is 9.18 Å². The number of hydrogen-bond donors (Lipinski definition) is 2. The third-order valence-corrected chi connectivity index (χ3v) is 8.98. The Kier molecular flexibility index (Phi) is 8.54. The van der Waals surface area contributed by atoms with E-state index in [2.05, 4.69) is 0 Å². The van der Waals surface area contributed by atoms with E-state index in [0.717, 1.165) is 27.3 Å². The first-order valence-corrected chi connectivity index (χ1v) is 14.9. The minimum absolute atomic E-state index is 0.0136. The number of piperidine rings is 1. The molecule has 16 heteroatoms. The summed E-state index contributed by atoms with van der Waals surface area (Å²) in [5.41, 5.74) is 8.13. The molecule has 0 bridgehead atoms. The van der Waals surface area contributed by atoms with Crippen LogP contribution < -0.4 is 22.7 Å². The van der Waals surface area contributed by atoms with Gasteiger partial charge in [0.2, 0.25) is 5.76 Å². The van der Waals surface area contributed by atoms with E-state index in [1.54, 1.807) is 24.3 Å². The fourth-order valence-electron chi connectivity index (χ4n) is 6.54. The summed E-state index contributed by atoms with van der Waals surface area (Å²) in [7, 11) is 0. The second-order valence-electron chi connectivity index (χ2n) is 11.9. The Morgan fingerprint density at radius 3 is 2.23 bits per heavy atom. The van der Waals surface area contributed by atoms with Crippen LogP contribution >= 0.6 is 0 Å². The maximum atomic E-state index is 15.0. The lowest BCUT2D eigenvalue weighted by Crippen LogP contribution is -2.49. The molecule has 0 saturated carbocycles. The van der Waals surface area contributed by atoms with E-state index >= 15 is 4.39 Å². The number of anilines is 1. The fourth-order valence-corrected chi connectivity index (χ4v) is 6.54. The average molecular weight is 682 g/mol. The number of likely N-dealkylation sites (tertiary alicyclic amines) is 1. The zero-order chi connectivity index (χ0) is 34.6. The molecule has 2 aliphatic heterocycles. The van der Waals surface area contributed by atoms with Gasteiger partial charge in [0.15, 0.2) is 0 Å². The smallest absolute Gasteiger partial charge is 0.449 e. The largest absolute Gasteiger partial charge is 0.455 e. The zero-order valence-corrected chi connectivity index (χ0v) is 25.2. The van der Waals surface area contributed by atoms with Gasteiger partial charge in [-0.3, -0.25) is 18.8 Å². The number of benzene rings is 2. The molecule has 4 aromatic rings. The highest BCUT2D eigenvalue weighted by Gasteiger charge is 2.47. The molecule has 4 N–H and O–H groups in total. The monoisotopic (exact) mass is 681 g/mol. The summed E-state index contributed by atoms with van der Waals surface area (Å²) < 4.78 is 109. The summed E-state index contributed by atoms with van der Waals surface area (Å²) in [6.07, 6.45) is -9.26. The molecule has 0 amide bonds. The summed E-state index contributed by atoms with van der Waals surface area (Å²) in [4.78, 5) is 29.9. The quantitative estimate of drug-likeness (QED) is 0.205. The van der Waals surface area contributed by atoms with Crippen molar-refractivity contribution in [3.05, 3.63) is 121 Å². The third kappa shape index (κ3) is 6.15. The van der Waals surface area contributed by atoms with Crippen molar-refractivity contribution in [3.8, 4) is 0 Å². The Balaban J connectivity index is 1.39. The number of furan rings is 1. The van der Waals surface area contributed by atoms with Gasteiger partial charge in [-0.15, -0.1) is 0 Å². The number of hydrogen-bond acceptors (Lipinski definition) is 7. The minimum atomic E-state index is -4.94. The number of rotatable bonds is 7. The topological polar surface area (TPSA) is 122 Å².